The third-order valence-corrected chi connectivity index (χ3v) is 2.62. The van der Waals surface area contributed by atoms with Crippen LogP contribution in [0.5, 0.6) is 5.88 Å². The van der Waals surface area contributed by atoms with Gasteiger partial charge in [-0.05, 0) is 24.6 Å². The summed E-state index contributed by atoms with van der Waals surface area (Å²) in [4.78, 5) is 4.07. The normalized spacial score (nSPS) is 12.2. The molecule has 18 heavy (non-hydrogen) atoms. The molecule has 1 atom stereocenters. The van der Waals surface area contributed by atoms with Gasteiger partial charge in [0.15, 0.2) is 0 Å². The van der Waals surface area contributed by atoms with Gasteiger partial charge in [-0.1, -0.05) is 18.2 Å². The molecule has 94 valence electrons. The van der Waals surface area contributed by atoms with Crippen LogP contribution in [0.1, 0.15) is 24.1 Å². The van der Waals surface area contributed by atoms with Crippen molar-refractivity contribution in [3.05, 3.63) is 59.5 Å². The third-order valence-electron chi connectivity index (χ3n) is 2.62. The van der Waals surface area contributed by atoms with E-state index in [4.69, 9.17) is 10.5 Å². The highest BCUT2D eigenvalue weighted by molar-refractivity contribution is 5.23. The van der Waals surface area contributed by atoms with Crippen molar-refractivity contribution in [3.63, 3.8) is 0 Å². The molecule has 0 aliphatic carbocycles. The summed E-state index contributed by atoms with van der Waals surface area (Å²) in [5.41, 5.74) is 7.21. The number of pyridine rings is 1. The number of benzene rings is 1. The fraction of sp³-hybridized carbons (Fsp3) is 0.214. The molecule has 0 aliphatic rings. The molecule has 2 rings (SSSR count). The van der Waals surface area contributed by atoms with E-state index < -0.39 is 0 Å². The number of nitrogens with two attached hydrogens (primary N) is 1. The lowest BCUT2D eigenvalue weighted by Crippen LogP contribution is -2.06. The summed E-state index contributed by atoms with van der Waals surface area (Å²) in [6.07, 6.45) is 1.63. The lowest BCUT2D eigenvalue weighted by Gasteiger charge is -2.09. The van der Waals surface area contributed by atoms with E-state index in [-0.39, 0.29) is 18.5 Å². The van der Waals surface area contributed by atoms with Gasteiger partial charge >= 0.3 is 0 Å². The zero-order valence-electron chi connectivity index (χ0n) is 10.1. The minimum absolute atomic E-state index is 0.0798. The van der Waals surface area contributed by atoms with Crippen LogP contribution in [0.2, 0.25) is 0 Å². The second-order valence-electron chi connectivity index (χ2n) is 4.10. The second kappa shape index (κ2) is 5.60. The fourth-order valence-corrected chi connectivity index (χ4v) is 1.55. The van der Waals surface area contributed by atoms with Gasteiger partial charge in [0, 0.05) is 23.9 Å². The first-order valence-electron chi connectivity index (χ1n) is 5.74. The van der Waals surface area contributed by atoms with Gasteiger partial charge in [-0.25, -0.2) is 9.37 Å². The summed E-state index contributed by atoms with van der Waals surface area (Å²) >= 11 is 0. The molecule has 4 heteroatoms. The Balaban J connectivity index is 2.07. The summed E-state index contributed by atoms with van der Waals surface area (Å²) in [7, 11) is 0. The summed E-state index contributed by atoms with van der Waals surface area (Å²) in [6, 6.07) is 10.0. The first kappa shape index (κ1) is 12.5. The first-order chi connectivity index (χ1) is 8.66. The maximum Gasteiger partial charge on any atom is 0.213 e. The van der Waals surface area contributed by atoms with Gasteiger partial charge in [-0.3, -0.25) is 0 Å². The summed E-state index contributed by atoms with van der Waals surface area (Å²) in [5.74, 6) is 0.175. The predicted molar refractivity (Wildman–Crippen MR) is 67.6 cm³/mol. The maximum absolute atomic E-state index is 13.4. The average molecular weight is 246 g/mol. The van der Waals surface area contributed by atoms with E-state index in [2.05, 4.69) is 4.98 Å². The Kier molecular flexibility index (Phi) is 3.89. The molecule has 3 nitrogen and oxygen atoms in total. The van der Waals surface area contributed by atoms with E-state index in [0.29, 0.717) is 11.4 Å². The van der Waals surface area contributed by atoms with Crippen LogP contribution in [0.4, 0.5) is 4.39 Å². The topological polar surface area (TPSA) is 48.1 Å². The molecule has 0 fully saturated rings. The van der Waals surface area contributed by atoms with Crippen LogP contribution < -0.4 is 10.5 Å². The number of aromatic nitrogens is 1. The van der Waals surface area contributed by atoms with E-state index in [1.165, 1.54) is 6.07 Å². The number of hydrogen-bond acceptors (Lipinski definition) is 3. The van der Waals surface area contributed by atoms with Gasteiger partial charge in [0.25, 0.3) is 0 Å². The van der Waals surface area contributed by atoms with Gasteiger partial charge in [0.1, 0.15) is 12.4 Å². The molecule has 0 bridgehead atoms. The molecule has 0 amide bonds. The fourth-order valence-electron chi connectivity index (χ4n) is 1.55. The van der Waals surface area contributed by atoms with Crippen molar-refractivity contribution < 1.29 is 9.13 Å². The van der Waals surface area contributed by atoms with E-state index >= 15 is 0 Å². The molecule has 0 saturated carbocycles. The monoisotopic (exact) mass is 246 g/mol. The quantitative estimate of drug-likeness (QED) is 0.902. The molecular formula is C14H15FN2O. The Labute approximate surface area is 105 Å². The molecular weight excluding hydrogens is 231 g/mol. The highest BCUT2D eigenvalue weighted by atomic mass is 19.1. The molecule has 1 unspecified atom stereocenters. The van der Waals surface area contributed by atoms with Crippen molar-refractivity contribution in [2.45, 2.75) is 19.6 Å². The molecule has 2 aromatic rings. The second-order valence-corrected chi connectivity index (χ2v) is 4.10. The van der Waals surface area contributed by atoms with Crippen molar-refractivity contribution in [2.24, 2.45) is 5.73 Å². The van der Waals surface area contributed by atoms with Crippen molar-refractivity contribution in [1.82, 2.24) is 4.98 Å². The lowest BCUT2D eigenvalue weighted by molar-refractivity contribution is 0.287. The number of hydrogen-bond donors (Lipinski definition) is 1. The largest absolute Gasteiger partial charge is 0.473 e. The molecule has 0 spiro atoms. The van der Waals surface area contributed by atoms with Crippen LogP contribution in [-0.2, 0) is 6.61 Å². The predicted octanol–water partition coefficient (Wildman–Crippen LogP) is 2.82. The van der Waals surface area contributed by atoms with Crippen LogP contribution in [0, 0.1) is 5.82 Å². The number of ether oxygens (including phenoxy) is 1. The van der Waals surface area contributed by atoms with E-state index in [9.17, 15) is 4.39 Å². The summed E-state index contributed by atoms with van der Waals surface area (Å²) in [6.45, 7) is 2.04. The first-order valence-corrected chi connectivity index (χ1v) is 5.74. The van der Waals surface area contributed by atoms with Gasteiger partial charge < -0.3 is 10.5 Å². The lowest BCUT2D eigenvalue weighted by atomic mass is 10.1. The van der Waals surface area contributed by atoms with E-state index in [1.54, 1.807) is 30.5 Å². The smallest absolute Gasteiger partial charge is 0.213 e. The van der Waals surface area contributed by atoms with Crippen LogP contribution in [-0.4, -0.2) is 4.98 Å². The third kappa shape index (κ3) is 3.05. The average Bonchev–Trinajstić information content (AvgIpc) is 2.38. The van der Waals surface area contributed by atoms with Crippen molar-refractivity contribution in [3.8, 4) is 5.88 Å². The van der Waals surface area contributed by atoms with Crippen LogP contribution in [0.25, 0.3) is 0 Å². The highest BCUT2D eigenvalue weighted by Crippen LogP contribution is 2.16. The molecule has 1 aromatic heterocycles. The van der Waals surface area contributed by atoms with Gasteiger partial charge in [-0.15, -0.1) is 0 Å². The molecule has 1 aromatic carbocycles. The molecule has 0 aliphatic heterocycles. The van der Waals surface area contributed by atoms with E-state index in [0.717, 1.165) is 5.56 Å². The Bertz CT molecular complexity index is 529. The minimum Gasteiger partial charge on any atom is -0.473 e. The standard InChI is InChI=1S/C14H15FN2O/c1-10(16)11-6-7-17-14(8-11)18-9-12-4-2-3-5-13(12)15/h2-8,10H,9,16H2,1H3. The van der Waals surface area contributed by atoms with Crippen molar-refractivity contribution >= 4 is 0 Å². The Morgan fingerprint density at radius 2 is 2.11 bits per heavy atom. The van der Waals surface area contributed by atoms with Crippen LogP contribution in [0.3, 0.4) is 0 Å². The van der Waals surface area contributed by atoms with Crippen molar-refractivity contribution in [2.75, 3.05) is 0 Å². The minimum atomic E-state index is -0.277. The van der Waals surface area contributed by atoms with E-state index in [1.807, 2.05) is 13.0 Å². The van der Waals surface area contributed by atoms with Crippen LogP contribution in [0.15, 0.2) is 42.6 Å². The SMILES string of the molecule is CC(N)c1ccnc(OCc2ccccc2F)c1. The summed E-state index contributed by atoms with van der Waals surface area (Å²) in [5, 5.41) is 0. The molecule has 1 heterocycles. The molecule has 2 N–H and O–H groups in total. The van der Waals surface area contributed by atoms with Gasteiger partial charge in [0.2, 0.25) is 5.88 Å². The Morgan fingerprint density at radius 3 is 2.83 bits per heavy atom. The zero-order valence-corrected chi connectivity index (χ0v) is 10.1. The van der Waals surface area contributed by atoms with Crippen molar-refractivity contribution in [1.29, 1.82) is 0 Å². The Morgan fingerprint density at radius 1 is 1.33 bits per heavy atom. The van der Waals surface area contributed by atoms with Gasteiger partial charge in [0.05, 0.1) is 0 Å². The highest BCUT2D eigenvalue weighted by Gasteiger charge is 2.05. The molecule has 0 saturated heterocycles. The van der Waals surface area contributed by atoms with Crippen LogP contribution >= 0.6 is 0 Å². The number of halogens is 1. The number of nitrogens with zero attached hydrogens (tertiary/aromatic N) is 1. The summed E-state index contributed by atoms with van der Waals surface area (Å²) < 4.78 is 18.8. The zero-order chi connectivity index (χ0) is 13.0. The Hall–Kier alpha value is -1.94. The number of rotatable bonds is 4. The maximum atomic E-state index is 13.4. The molecule has 0 radical (unpaired) electrons. The van der Waals surface area contributed by atoms with Gasteiger partial charge in [-0.2, -0.15) is 0 Å².